The third kappa shape index (κ3) is 2.41. The Balaban J connectivity index is 1.93. The summed E-state index contributed by atoms with van der Waals surface area (Å²) in [7, 11) is 0. The molecule has 1 aliphatic rings. The number of benzene rings is 3. The fourth-order valence-corrected chi connectivity index (χ4v) is 4.59. The molecule has 4 rings (SSSR count). The van der Waals surface area contributed by atoms with E-state index in [9.17, 15) is 4.79 Å². The van der Waals surface area contributed by atoms with Crippen LogP contribution in [0.2, 0.25) is 5.02 Å². The molecule has 0 aliphatic carbocycles. The van der Waals surface area contributed by atoms with Gasteiger partial charge in [-0.25, -0.2) is 0 Å². The van der Waals surface area contributed by atoms with Gasteiger partial charge in [0, 0.05) is 16.0 Å². The van der Waals surface area contributed by atoms with E-state index in [0.717, 1.165) is 16.0 Å². The molecule has 4 heteroatoms. The van der Waals surface area contributed by atoms with E-state index in [0.29, 0.717) is 10.6 Å². The second-order valence-corrected chi connectivity index (χ2v) is 7.24. The Hall–Kier alpha value is -2.23. The maximum atomic E-state index is 12.6. The van der Waals surface area contributed by atoms with Gasteiger partial charge in [0.25, 0.3) is 5.91 Å². The predicted molar refractivity (Wildman–Crippen MR) is 98.4 cm³/mol. The number of hydrogen-bond donors (Lipinski definition) is 1. The van der Waals surface area contributed by atoms with Gasteiger partial charge in [0.05, 0.1) is 5.02 Å². The lowest BCUT2D eigenvalue weighted by molar-refractivity contribution is 0.0956. The zero-order valence-corrected chi connectivity index (χ0v) is 14.3. The Morgan fingerprint density at radius 2 is 1.50 bits per heavy atom. The summed E-state index contributed by atoms with van der Waals surface area (Å²) in [6, 6.07) is 25.4. The van der Waals surface area contributed by atoms with E-state index in [2.05, 4.69) is 5.32 Å². The number of carbonyl (C=O) groups is 1. The molecule has 1 aliphatic heterocycles. The van der Waals surface area contributed by atoms with Crippen molar-refractivity contribution in [2.24, 2.45) is 0 Å². The van der Waals surface area contributed by atoms with Crippen LogP contribution in [0.25, 0.3) is 0 Å². The Labute approximate surface area is 149 Å². The molecule has 24 heavy (non-hydrogen) atoms. The Morgan fingerprint density at radius 3 is 2.29 bits per heavy atom. The summed E-state index contributed by atoms with van der Waals surface area (Å²) < 4.78 is 0. The molecule has 1 atom stereocenters. The van der Waals surface area contributed by atoms with Gasteiger partial charge >= 0.3 is 0 Å². The Bertz CT molecular complexity index is 912. The van der Waals surface area contributed by atoms with Gasteiger partial charge in [-0.2, -0.15) is 0 Å². The molecular formula is C20H14ClNOS. The van der Waals surface area contributed by atoms with Crippen LogP contribution in [0.3, 0.4) is 0 Å². The lowest BCUT2D eigenvalue weighted by atomic mass is 9.98. The second-order valence-electron chi connectivity index (χ2n) is 5.58. The minimum atomic E-state index is -0.681. The molecule has 118 valence electrons. The predicted octanol–water partition coefficient (Wildman–Crippen LogP) is 5.08. The second kappa shape index (κ2) is 6.00. The van der Waals surface area contributed by atoms with Crippen LogP contribution < -0.4 is 5.32 Å². The Morgan fingerprint density at radius 1 is 0.833 bits per heavy atom. The number of carbonyl (C=O) groups excluding carboxylic acids is 1. The molecule has 3 aromatic rings. The van der Waals surface area contributed by atoms with E-state index < -0.39 is 4.87 Å². The molecule has 3 aromatic carbocycles. The van der Waals surface area contributed by atoms with Crippen LogP contribution in [-0.2, 0) is 4.87 Å². The highest BCUT2D eigenvalue weighted by atomic mass is 35.5. The fourth-order valence-electron chi connectivity index (χ4n) is 3.02. The lowest BCUT2D eigenvalue weighted by Crippen LogP contribution is -2.37. The third-order valence-corrected chi connectivity index (χ3v) is 6.00. The molecule has 0 spiro atoms. The normalized spacial score (nSPS) is 19.0. The maximum Gasteiger partial charge on any atom is 0.253 e. The van der Waals surface area contributed by atoms with Crippen LogP contribution in [-0.4, -0.2) is 5.91 Å². The zero-order chi connectivity index (χ0) is 16.6. The van der Waals surface area contributed by atoms with Crippen molar-refractivity contribution >= 4 is 29.3 Å². The average molecular weight is 352 g/mol. The van der Waals surface area contributed by atoms with E-state index in [1.54, 1.807) is 11.8 Å². The molecule has 0 unspecified atom stereocenters. The smallest absolute Gasteiger partial charge is 0.253 e. The standard InChI is InChI=1S/C20H14ClNOS/c21-17-12-6-7-13-18(17)24-20(14-8-2-1-3-9-14)16-11-5-4-10-15(16)19(23)22-20/h1-13H,(H,22,23)/t20-/m1/s1. The molecule has 0 bridgehead atoms. The van der Waals surface area contributed by atoms with Gasteiger partial charge in [0.1, 0.15) is 4.87 Å². The van der Waals surface area contributed by atoms with E-state index >= 15 is 0 Å². The van der Waals surface area contributed by atoms with E-state index in [1.807, 2.05) is 78.9 Å². The molecule has 1 amide bonds. The van der Waals surface area contributed by atoms with Gasteiger partial charge in [0.2, 0.25) is 0 Å². The third-order valence-electron chi connectivity index (χ3n) is 4.12. The molecule has 0 aromatic heterocycles. The van der Waals surface area contributed by atoms with E-state index in [-0.39, 0.29) is 5.91 Å². The van der Waals surface area contributed by atoms with Crippen LogP contribution >= 0.6 is 23.4 Å². The zero-order valence-electron chi connectivity index (χ0n) is 12.7. The SMILES string of the molecule is O=C1N[C@@](Sc2ccccc2Cl)(c2ccccc2)c2ccccc21. The van der Waals surface area contributed by atoms with Crippen molar-refractivity contribution in [3.8, 4) is 0 Å². The maximum absolute atomic E-state index is 12.6. The molecule has 0 saturated carbocycles. The Kier molecular flexibility index (Phi) is 3.83. The first-order valence-electron chi connectivity index (χ1n) is 7.62. The van der Waals surface area contributed by atoms with Crippen molar-refractivity contribution in [1.82, 2.24) is 5.32 Å². The monoisotopic (exact) mass is 351 g/mol. The number of thioether (sulfide) groups is 1. The van der Waals surface area contributed by atoms with Crippen LogP contribution in [0, 0.1) is 0 Å². The molecular weight excluding hydrogens is 338 g/mol. The van der Waals surface area contributed by atoms with Crippen LogP contribution in [0.15, 0.2) is 83.8 Å². The van der Waals surface area contributed by atoms with E-state index in [4.69, 9.17) is 11.6 Å². The number of hydrogen-bond acceptors (Lipinski definition) is 2. The molecule has 0 fully saturated rings. The minimum absolute atomic E-state index is 0.0611. The summed E-state index contributed by atoms with van der Waals surface area (Å²) in [5.74, 6) is -0.0611. The van der Waals surface area contributed by atoms with Crippen molar-refractivity contribution in [3.63, 3.8) is 0 Å². The van der Waals surface area contributed by atoms with E-state index in [1.165, 1.54) is 0 Å². The summed E-state index contributed by atoms with van der Waals surface area (Å²) in [5, 5.41) is 3.87. The summed E-state index contributed by atoms with van der Waals surface area (Å²) in [4.78, 5) is 12.8. The van der Waals surface area contributed by atoms with Crippen molar-refractivity contribution in [2.45, 2.75) is 9.77 Å². The number of fused-ring (bicyclic) bond motifs is 1. The summed E-state index contributed by atoms with van der Waals surface area (Å²) in [6.07, 6.45) is 0. The topological polar surface area (TPSA) is 29.1 Å². The largest absolute Gasteiger partial charge is 0.329 e. The summed E-state index contributed by atoms with van der Waals surface area (Å²) >= 11 is 7.94. The molecule has 0 saturated heterocycles. The number of rotatable bonds is 3. The first-order valence-corrected chi connectivity index (χ1v) is 8.81. The first-order chi connectivity index (χ1) is 11.7. The quantitative estimate of drug-likeness (QED) is 0.713. The minimum Gasteiger partial charge on any atom is -0.329 e. The average Bonchev–Trinajstić information content (AvgIpc) is 2.91. The van der Waals surface area contributed by atoms with Gasteiger partial charge in [0.15, 0.2) is 0 Å². The first kappa shape index (κ1) is 15.3. The van der Waals surface area contributed by atoms with Crippen molar-refractivity contribution < 1.29 is 4.79 Å². The van der Waals surface area contributed by atoms with Gasteiger partial charge in [-0.05, 0) is 23.8 Å². The van der Waals surface area contributed by atoms with Gasteiger partial charge in [-0.1, -0.05) is 84.0 Å². The van der Waals surface area contributed by atoms with Crippen LogP contribution in [0.4, 0.5) is 0 Å². The summed E-state index contributed by atoms with van der Waals surface area (Å²) in [6.45, 7) is 0. The lowest BCUT2D eigenvalue weighted by Gasteiger charge is -2.30. The van der Waals surface area contributed by atoms with Crippen molar-refractivity contribution in [1.29, 1.82) is 0 Å². The molecule has 0 radical (unpaired) electrons. The fraction of sp³-hybridized carbons (Fsp3) is 0.0500. The number of halogens is 1. The highest BCUT2D eigenvalue weighted by molar-refractivity contribution is 8.00. The molecule has 1 heterocycles. The summed E-state index contributed by atoms with van der Waals surface area (Å²) in [5.41, 5.74) is 2.69. The van der Waals surface area contributed by atoms with Crippen LogP contribution in [0.1, 0.15) is 21.5 Å². The highest BCUT2D eigenvalue weighted by Gasteiger charge is 2.45. The van der Waals surface area contributed by atoms with Crippen molar-refractivity contribution in [2.75, 3.05) is 0 Å². The highest BCUT2D eigenvalue weighted by Crippen LogP contribution is 2.50. The van der Waals surface area contributed by atoms with Gasteiger partial charge in [-0.3, -0.25) is 4.79 Å². The number of amides is 1. The molecule has 1 N–H and O–H groups in total. The number of nitrogens with one attached hydrogen (secondary N) is 1. The van der Waals surface area contributed by atoms with Crippen molar-refractivity contribution in [3.05, 3.63) is 101 Å². The molecule has 2 nitrogen and oxygen atoms in total. The van der Waals surface area contributed by atoms with Crippen LogP contribution in [0.5, 0.6) is 0 Å². The van der Waals surface area contributed by atoms with Gasteiger partial charge < -0.3 is 5.32 Å². The van der Waals surface area contributed by atoms with Gasteiger partial charge in [-0.15, -0.1) is 0 Å².